The number of fused-ring (bicyclic) bond motifs is 1. The molecule has 4 aromatic rings. The summed E-state index contributed by atoms with van der Waals surface area (Å²) in [6.07, 6.45) is 2.53. The molecule has 0 bridgehead atoms. The van der Waals surface area contributed by atoms with Crippen molar-refractivity contribution in [2.75, 3.05) is 5.32 Å². The number of phenols is 1. The molecule has 164 valence electrons. The van der Waals surface area contributed by atoms with E-state index in [2.05, 4.69) is 53.4 Å². The summed E-state index contributed by atoms with van der Waals surface area (Å²) in [5.41, 5.74) is 3.79. The molecular weight excluding hydrogens is 462 g/mol. The number of benzene rings is 2. The van der Waals surface area contributed by atoms with Gasteiger partial charge < -0.3 is 10.4 Å². The lowest BCUT2D eigenvalue weighted by Crippen LogP contribution is -2.22. The smallest absolute Gasteiger partial charge is 0.237 e. The zero-order valence-electron chi connectivity index (χ0n) is 17.8. The van der Waals surface area contributed by atoms with Crippen molar-refractivity contribution in [3.63, 3.8) is 0 Å². The number of hydrogen-bond donors (Lipinski definition) is 2. The molecule has 8 heteroatoms. The molecule has 4 rings (SSSR count). The Labute approximate surface area is 199 Å². The fourth-order valence-electron chi connectivity index (χ4n) is 3.43. The molecule has 1 atom stereocenters. The fourth-order valence-corrected chi connectivity index (χ4v) is 5.60. The van der Waals surface area contributed by atoms with Crippen LogP contribution in [0.25, 0.3) is 21.3 Å². The van der Waals surface area contributed by atoms with Crippen LogP contribution in [0.5, 0.6) is 5.75 Å². The molecule has 0 saturated carbocycles. The lowest BCUT2D eigenvalue weighted by molar-refractivity contribution is -0.115. The van der Waals surface area contributed by atoms with Crippen molar-refractivity contribution in [1.82, 2.24) is 9.97 Å². The molecule has 2 heterocycles. The minimum absolute atomic E-state index is 0.0318. The second-order valence-electron chi connectivity index (χ2n) is 7.35. The summed E-state index contributed by atoms with van der Waals surface area (Å²) < 4.78 is 0. The molecule has 5 nitrogen and oxygen atoms in total. The fraction of sp³-hybridized carbons (Fsp3) is 0.208. The summed E-state index contributed by atoms with van der Waals surface area (Å²) in [5.74, 6) is -0.282. The Balaban J connectivity index is 1.65. The number of amides is 1. The van der Waals surface area contributed by atoms with Crippen molar-refractivity contribution in [3.05, 3.63) is 64.3 Å². The summed E-state index contributed by atoms with van der Waals surface area (Å²) >= 11 is 8.98. The standard InChI is InChI=1S/C24H22ClN3O2S2/c1-4-15-5-7-16(8-6-15)20-13(2)31-23-21(20)24(27-12-26-23)32-14(3)22(30)28-18-11-17(25)9-10-19(18)29/h5-12,14,29H,4H2,1-3H3,(H,28,30). The van der Waals surface area contributed by atoms with Crippen LogP contribution < -0.4 is 5.32 Å². The number of thioether (sulfide) groups is 1. The summed E-state index contributed by atoms with van der Waals surface area (Å²) in [5, 5.41) is 14.4. The molecule has 0 radical (unpaired) electrons. The number of aryl methyl sites for hydroxylation is 2. The van der Waals surface area contributed by atoms with Gasteiger partial charge in [0.25, 0.3) is 0 Å². The van der Waals surface area contributed by atoms with Crippen LogP contribution in [0.15, 0.2) is 53.8 Å². The first-order valence-corrected chi connectivity index (χ1v) is 12.2. The summed E-state index contributed by atoms with van der Waals surface area (Å²) in [6, 6.07) is 13.1. The highest BCUT2D eigenvalue weighted by Crippen LogP contribution is 2.42. The van der Waals surface area contributed by atoms with Gasteiger partial charge in [0.15, 0.2) is 0 Å². The van der Waals surface area contributed by atoms with E-state index < -0.39 is 5.25 Å². The number of hydrogen-bond acceptors (Lipinski definition) is 6. The monoisotopic (exact) mass is 483 g/mol. The van der Waals surface area contributed by atoms with E-state index in [0.717, 1.165) is 37.7 Å². The number of rotatable bonds is 6. The largest absolute Gasteiger partial charge is 0.506 e. The number of nitrogens with zero attached hydrogens (tertiary/aromatic N) is 2. The van der Waals surface area contributed by atoms with Crippen molar-refractivity contribution >= 4 is 56.5 Å². The summed E-state index contributed by atoms with van der Waals surface area (Å²) in [7, 11) is 0. The molecule has 0 aliphatic heterocycles. The molecule has 1 unspecified atom stereocenters. The normalized spacial score (nSPS) is 12.1. The van der Waals surface area contributed by atoms with Crippen LogP contribution in [0.1, 0.15) is 24.3 Å². The van der Waals surface area contributed by atoms with Gasteiger partial charge in [-0.05, 0) is 49.6 Å². The van der Waals surface area contributed by atoms with Gasteiger partial charge in [-0.15, -0.1) is 11.3 Å². The number of nitrogens with one attached hydrogen (secondary N) is 1. The van der Waals surface area contributed by atoms with Crippen molar-refractivity contribution < 1.29 is 9.90 Å². The van der Waals surface area contributed by atoms with Gasteiger partial charge in [0, 0.05) is 15.5 Å². The Morgan fingerprint density at radius 3 is 2.69 bits per heavy atom. The summed E-state index contributed by atoms with van der Waals surface area (Å²) in [4.78, 5) is 23.9. The number of thiophene rings is 1. The van der Waals surface area contributed by atoms with Crippen LogP contribution in [0, 0.1) is 6.92 Å². The second-order valence-corrected chi connectivity index (χ2v) is 10.3. The molecule has 32 heavy (non-hydrogen) atoms. The summed E-state index contributed by atoms with van der Waals surface area (Å²) in [6.45, 7) is 6.03. The minimum Gasteiger partial charge on any atom is -0.506 e. The highest BCUT2D eigenvalue weighted by Gasteiger charge is 2.22. The molecule has 0 fully saturated rings. The predicted octanol–water partition coefficient (Wildman–Crippen LogP) is 6.71. The molecule has 2 aromatic heterocycles. The average Bonchev–Trinajstić information content (AvgIpc) is 3.13. The lowest BCUT2D eigenvalue weighted by Gasteiger charge is -2.14. The topological polar surface area (TPSA) is 75.1 Å². The Hall–Kier alpha value is -2.61. The zero-order valence-corrected chi connectivity index (χ0v) is 20.2. The lowest BCUT2D eigenvalue weighted by atomic mass is 10.0. The number of aromatic nitrogens is 2. The highest BCUT2D eigenvalue weighted by molar-refractivity contribution is 8.00. The van der Waals surface area contributed by atoms with E-state index in [1.54, 1.807) is 17.4 Å². The molecule has 0 saturated heterocycles. The van der Waals surface area contributed by atoms with Gasteiger partial charge in [-0.3, -0.25) is 4.79 Å². The maximum Gasteiger partial charge on any atom is 0.237 e. The van der Waals surface area contributed by atoms with Crippen LogP contribution in [-0.4, -0.2) is 26.2 Å². The van der Waals surface area contributed by atoms with Crippen LogP contribution in [0.2, 0.25) is 5.02 Å². The molecule has 0 aliphatic carbocycles. The first-order valence-electron chi connectivity index (χ1n) is 10.2. The van der Waals surface area contributed by atoms with Gasteiger partial charge in [-0.25, -0.2) is 9.97 Å². The van der Waals surface area contributed by atoms with E-state index >= 15 is 0 Å². The predicted molar refractivity (Wildman–Crippen MR) is 134 cm³/mol. The third-order valence-electron chi connectivity index (χ3n) is 5.15. The van der Waals surface area contributed by atoms with Crippen molar-refractivity contribution in [3.8, 4) is 16.9 Å². The van der Waals surface area contributed by atoms with Gasteiger partial charge in [0.2, 0.25) is 5.91 Å². The van der Waals surface area contributed by atoms with Crippen LogP contribution in [0.3, 0.4) is 0 Å². The number of halogens is 1. The van der Waals surface area contributed by atoms with E-state index in [1.807, 2.05) is 6.92 Å². The Kier molecular flexibility index (Phi) is 6.69. The van der Waals surface area contributed by atoms with Crippen molar-refractivity contribution in [1.29, 1.82) is 0 Å². The molecule has 1 amide bonds. The third kappa shape index (κ3) is 4.60. The van der Waals surface area contributed by atoms with E-state index in [0.29, 0.717) is 5.02 Å². The molecule has 0 aliphatic rings. The number of carbonyl (C=O) groups excluding carboxylic acids is 1. The highest BCUT2D eigenvalue weighted by atomic mass is 35.5. The first kappa shape index (κ1) is 22.6. The molecule has 0 spiro atoms. The van der Waals surface area contributed by atoms with Crippen LogP contribution >= 0.6 is 34.7 Å². The van der Waals surface area contributed by atoms with Gasteiger partial charge >= 0.3 is 0 Å². The SMILES string of the molecule is CCc1ccc(-c2c(C)sc3ncnc(SC(C)C(=O)Nc4cc(Cl)ccc4O)c23)cc1. The van der Waals surface area contributed by atoms with Crippen LogP contribution in [-0.2, 0) is 11.2 Å². The quantitative estimate of drug-likeness (QED) is 0.181. The number of aromatic hydroxyl groups is 1. The van der Waals surface area contributed by atoms with E-state index in [1.165, 1.54) is 35.8 Å². The number of anilines is 1. The third-order valence-corrected chi connectivity index (χ3v) is 7.50. The molecular formula is C24H22ClN3O2S2. The van der Waals surface area contributed by atoms with E-state index in [-0.39, 0.29) is 17.3 Å². The Bertz CT molecular complexity index is 1290. The van der Waals surface area contributed by atoms with E-state index in [9.17, 15) is 9.90 Å². The maximum absolute atomic E-state index is 12.8. The second kappa shape index (κ2) is 9.48. The average molecular weight is 484 g/mol. The van der Waals surface area contributed by atoms with Gasteiger partial charge in [0.05, 0.1) is 16.3 Å². The van der Waals surface area contributed by atoms with E-state index in [4.69, 9.17) is 11.6 Å². The Morgan fingerprint density at radius 2 is 1.97 bits per heavy atom. The van der Waals surface area contributed by atoms with Crippen LogP contribution in [0.4, 0.5) is 5.69 Å². The van der Waals surface area contributed by atoms with Crippen molar-refractivity contribution in [2.24, 2.45) is 0 Å². The first-order chi connectivity index (χ1) is 15.4. The molecule has 2 aromatic carbocycles. The maximum atomic E-state index is 12.8. The Morgan fingerprint density at radius 1 is 1.22 bits per heavy atom. The zero-order chi connectivity index (χ0) is 22.8. The van der Waals surface area contributed by atoms with Gasteiger partial charge in [-0.2, -0.15) is 0 Å². The van der Waals surface area contributed by atoms with Gasteiger partial charge in [0.1, 0.15) is 21.9 Å². The number of phenolic OH excluding ortho intramolecular Hbond substituents is 1. The van der Waals surface area contributed by atoms with Gasteiger partial charge in [-0.1, -0.05) is 54.6 Å². The number of carbonyl (C=O) groups is 1. The van der Waals surface area contributed by atoms with Crippen molar-refractivity contribution in [2.45, 2.75) is 37.5 Å². The molecule has 2 N–H and O–H groups in total. The minimum atomic E-state index is -0.456.